The summed E-state index contributed by atoms with van der Waals surface area (Å²) in [4.78, 5) is 14.4. The number of nitrogens with one attached hydrogen (secondary N) is 2. The van der Waals surface area contributed by atoms with Gasteiger partial charge in [0, 0.05) is 43.8 Å². The molecule has 166 valence electrons. The van der Waals surface area contributed by atoms with Gasteiger partial charge in [-0.3, -0.25) is 0 Å². The minimum absolute atomic E-state index is 0.491. The number of piperidine rings is 1. The number of nitrogens with zero attached hydrogens (tertiary/aromatic N) is 4. The van der Waals surface area contributed by atoms with E-state index in [4.69, 9.17) is 33.8 Å². The number of anilines is 3. The lowest BCUT2D eigenvalue weighted by Gasteiger charge is -2.36. The number of hydrogen-bond acceptors (Lipinski definition) is 5. The Kier molecular flexibility index (Phi) is 7.13. The Morgan fingerprint density at radius 3 is 2.39 bits per heavy atom. The quantitative estimate of drug-likeness (QED) is 0.630. The van der Waals surface area contributed by atoms with Gasteiger partial charge in [-0.2, -0.15) is 9.97 Å². The Balaban J connectivity index is 1.51. The number of thiocarbonyl (C=S) groups is 1. The van der Waals surface area contributed by atoms with E-state index in [1.807, 2.05) is 24.3 Å². The summed E-state index contributed by atoms with van der Waals surface area (Å²) in [5.41, 5.74) is 0.997. The van der Waals surface area contributed by atoms with Gasteiger partial charge in [0.15, 0.2) is 5.11 Å². The van der Waals surface area contributed by atoms with Crippen molar-refractivity contribution in [2.45, 2.75) is 39.7 Å². The molecule has 2 N–H and O–H groups in total. The van der Waals surface area contributed by atoms with Crippen LogP contribution in [0.3, 0.4) is 0 Å². The molecule has 3 heterocycles. The van der Waals surface area contributed by atoms with Crippen LogP contribution in [0, 0.1) is 11.8 Å². The summed E-state index contributed by atoms with van der Waals surface area (Å²) in [6, 6.07) is 9.89. The Labute approximate surface area is 195 Å². The molecular formula is C23H31ClN6S. The van der Waals surface area contributed by atoms with E-state index in [0.717, 1.165) is 48.4 Å². The summed E-state index contributed by atoms with van der Waals surface area (Å²) in [6.07, 6.45) is 3.68. The lowest BCUT2D eigenvalue weighted by atomic mass is 9.92. The van der Waals surface area contributed by atoms with Crippen molar-refractivity contribution in [1.29, 1.82) is 0 Å². The van der Waals surface area contributed by atoms with Crippen LogP contribution in [0.15, 0.2) is 30.3 Å². The Hall–Kier alpha value is -2.12. The minimum atomic E-state index is 0.491. The van der Waals surface area contributed by atoms with Crippen molar-refractivity contribution >= 4 is 46.5 Å². The van der Waals surface area contributed by atoms with Crippen LogP contribution in [0.4, 0.5) is 17.6 Å². The first-order chi connectivity index (χ1) is 15.0. The van der Waals surface area contributed by atoms with Crippen LogP contribution < -0.4 is 20.4 Å². The number of rotatable bonds is 5. The van der Waals surface area contributed by atoms with Crippen molar-refractivity contribution in [3.8, 4) is 0 Å². The normalized spacial score (nSPS) is 21.3. The van der Waals surface area contributed by atoms with E-state index < -0.39 is 0 Å². The summed E-state index contributed by atoms with van der Waals surface area (Å²) >= 11 is 11.8. The van der Waals surface area contributed by atoms with Gasteiger partial charge in [0.2, 0.25) is 5.95 Å². The second-order valence-electron chi connectivity index (χ2n) is 8.85. The number of halogens is 1. The first-order valence-electron chi connectivity index (χ1n) is 11.1. The van der Waals surface area contributed by atoms with Crippen LogP contribution in [0.5, 0.6) is 0 Å². The van der Waals surface area contributed by atoms with Gasteiger partial charge in [0.05, 0.1) is 0 Å². The van der Waals surface area contributed by atoms with Gasteiger partial charge in [-0.1, -0.05) is 43.6 Å². The highest BCUT2D eigenvalue weighted by Crippen LogP contribution is 2.29. The van der Waals surface area contributed by atoms with Crippen LogP contribution in [-0.2, 0) is 6.54 Å². The standard InChI is InChI=1S/C23H31ClN6S/c1-16-11-17(2)15-30(14-16)21-12-20(29-9-5-6-10-29)26-22(27-21)28-23(31)25-13-18-7-3-4-8-19(18)24/h3-4,7-8,12,16-17H,5-6,9-11,13-15H2,1-2H3,(H2,25,26,27,28,31)/t16-,17-/m1/s1. The molecule has 2 fully saturated rings. The molecule has 4 rings (SSSR count). The lowest BCUT2D eigenvalue weighted by Crippen LogP contribution is -2.39. The average Bonchev–Trinajstić information content (AvgIpc) is 3.27. The molecule has 31 heavy (non-hydrogen) atoms. The van der Waals surface area contributed by atoms with Crippen LogP contribution in [0.1, 0.15) is 38.7 Å². The van der Waals surface area contributed by atoms with Crippen molar-refractivity contribution in [3.05, 3.63) is 40.9 Å². The van der Waals surface area contributed by atoms with Gasteiger partial charge in [0.1, 0.15) is 11.6 Å². The number of aromatic nitrogens is 2. The topological polar surface area (TPSA) is 56.3 Å². The molecule has 0 bridgehead atoms. The molecule has 2 aliphatic heterocycles. The second-order valence-corrected chi connectivity index (χ2v) is 9.67. The van der Waals surface area contributed by atoms with Gasteiger partial charge < -0.3 is 20.4 Å². The fourth-order valence-corrected chi connectivity index (χ4v) is 4.93. The fraction of sp³-hybridized carbons (Fsp3) is 0.522. The molecule has 0 amide bonds. The summed E-state index contributed by atoms with van der Waals surface area (Å²) in [6.45, 7) is 9.31. The second kappa shape index (κ2) is 10.0. The monoisotopic (exact) mass is 458 g/mol. The third kappa shape index (κ3) is 5.77. The van der Waals surface area contributed by atoms with Crippen molar-refractivity contribution in [1.82, 2.24) is 15.3 Å². The van der Waals surface area contributed by atoms with E-state index in [0.29, 0.717) is 29.4 Å². The summed E-state index contributed by atoms with van der Waals surface area (Å²) in [7, 11) is 0. The predicted molar refractivity (Wildman–Crippen MR) is 133 cm³/mol. The zero-order valence-electron chi connectivity index (χ0n) is 18.3. The van der Waals surface area contributed by atoms with E-state index in [-0.39, 0.29) is 0 Å². The van der Waals surface area contributed by atoms with Crippen molar-refractivity contribution in [2.75, 3.05) is 41.3 Å². The molecule has 0 aliphatic carbocycles. The van der Waals surface area contributed by atoms with Crippen molar-refractivity contribution < 1.29 is 0 Å². The zero-order chi connectivity index (χ0) is 21.8. The van der Waals surface area contributed by atoms with Crippen LogP contribution in [0.2, 0.25) is 5.02 Å². The predicted octanol–water partition coefficient (Wildman–Crippen LogP) is 4.70. The van der Waals surface area contributed by atoms with E-state index >= 15 is 0 Å². The number of hydrogen-bond donors (Lipinski definition) is 2. The Morgan fingerprint density at radius 1 is 1.06 bits per heavy atom. The number of benzene rings is 1. The molecule has 1 aromatic heterocycles. The molecule has 0 unspecified atom stereocenters. The summed E-state index contributed by atoms with van der Waals surface area (Å²) in [5.74, 6) is 3.81. The zero-order valence-corrected chi connectivity index (χ0v) is 19.8. The van der Waals surface area contributed by atoms with Crippen molar-refractivity contribution in [2.24, 2.45) is 11.8 Å². The van der Waals surface area contributed by atoms with E-state index in [9.17, 15) is 0 Å². The molecular weight excluding hydrogens is 428 g/mol. The molecule has 0 spiro atoms. The maximum Gasteiger partial charge on any atom is 0.232 e. The van der Waals surface area contributed by atoms with Gasteiger partial charge >= 0.3 is 0 Å². The first kappa shape index (κ1) is 22.1. The van der Waals surface area contributed by atoms with E-state index in [1.165, 1.54) is 19.3 Å². The molecule has 8 heteroatoms. The molecule has 2 aromatic rings. The van der Waals surface area contributed by atoms with E-state index in [2.05, 4.69) is 40.3 Å². The molecule has 6 nitrogen and oxygen atoms in total. The smallest absolute Gasteiger partial charge is 0.232 e. The van der Waals surface area contributed by atoms with Gasteiger partial charge in [-0.15, -0.1) is 0 Å². The highest BCUT2D eigenvalue weighted by Gasteiger charge is 2.25. The van der Waals surface area contributed by atoms with Crippen LogP contribution >= 0.6 is 23.8 Å². The molecule has 2 saturated heterocycles. The third-order valence-electron chi connectivity index (χ3n) is 5.94. The Morgan fingerprint density at radius 2 is 1.71 bits per heavy atom. The molecule has 2 atom stereocenters. The lowest BCUT2D eigenvalue weighted by molar-refractivity contribution is 0.355. The van der Waals surface area contributed by atoms with Crippen LogP contribution in [-0.4, -0.2) is 41.3 Å². The summed E-state index contributed by atoms with van der Waals surface area (Å²) < 4.78 is 0. The van der Waals surface area contributed by atoms with Crippen LogP contribution in [0.25, 0.3) is 0 Å². The fourth-order valence-electron chi connectivity index (χ4n) is 4.56. The third-order valence-corrected chi connectivity index (χ3v) is 6.56. The van der Waals surface area contributed by atoms with Gasteiger partial charge in [-0.25, -0.2) is 0 Å². The maximum absolute atomic E-state index is 6.25. The van der Waals surface area contributed by atoms with Gasteiger partial charge in [-0.05, 0) is 54.9 Å². The maximum atomic E-state index is 6.25. The van der Waals surface area contributed by atoms with Gasteiger partial charge in [0.25, 0.3) is 0 Å². The molecule has 1 aromatic carbocycles. The Bertz CT molecular complexity index is 907. The minimum Gasteiger partial charge on any atom is -0.358 e. The molecule has 0 saturated carbocycles. The SMILES string of the molecule is C[C@@H]1C[C@@H](C)CN(c2cc(N3CCCC3)nc(NC(=S)NCc3ccccc3Cl)n2)C1. The molecule has 0 radical (unpaired) electrons. The van der Waals surface area contributed by atoms with Crippen molar-refractivity contribution in [3.63, 3.8) is 0 Å². The highest BCUT2D eigenvalue weighted by molar-refractivity contribution is 7.80. The summed E-state index contributed by atoms with van der Waals surface area (Å²) in [5, 5.41) is 7.63. The highest BCUT2D eigenvalue weighted by atomic mass is 35.5. The van der Waals surface area contributed by atoms with E-state index in [1.54, 1.807) is 0 Å². The molecule has 2 aliphatic rings. The first-order valence-corrected chi connectivity index (χ1v) is 11.9. The average molecular weight is 459 g/mol. The largest absolute Gasteiger partial charge is 0.358 e.